The average molecular weight is 305 g/mol. The summed E-state index contributed by atoms with van der Waals surface area (Å²) < 4.78 is 6.47. The fraction of sp³-hybridized carbons (Fsp3) is 0.222. The van der Waals surface area contributed by atoms with Gasteiger partial charge in [0.2, 0.25) is 11.6 Å². The van der Waals surface area contributed by atoms with Crippen molar-refractivity contribution in [3.05, 3.63) is 30.1 Å². The zero-order valence-corrected chi connectivity index (χ0v) is 11.2. The Hall–Kier alpha value is -2.30. The van der Waals surface area contributed by atoms with Gasteiger partial charge in [0.15, 0.2) is 5.76 Å². The molecule has 0 atom stereocenters. The van der Waals surface area contributed by atoms with Crippen LogP contribution in [-0.4, -0.2) is 53.7 Å². The Morgan fingerprint density at radius 2 is 2.35 bits per heavy atom. The Balaban J connectivity index is 0.00000180. The maximum atomic E-state index is 11.7. The normalized spacial score (nSPS) is 10.6. The second kappa shape index (κ2) is 7.99. The van der Waals surface area contributed by atoms with Gasteiger partial charge in [-0.3, -0.25) is 4.79 Å². The van der Waals surface area contributed by atoms with E-state index in [4.69, 9.17) is 4.74 Å². The molecule has 2 aromatic rings. The molecule has 0 bridgehead atoms. The Bertz CT molecular complexity index is 567. The summed E-state index contributed by atoms with van der Waals surface area (Å²) >= 11 is 0. The van der Waals surface area contributed by atoms with Crippen molar-refractivity contribution in [3.8, 4) is 0 Å². The molecule has 0 radical (unpaired) electrons. The fourth-order valence-corrected chi connectivity index (χ4v) is 1.24. The van der Waals surface area contributed by atoms with E-state index >= 15 is 0 Å². The standard InChI is InChI=1S/C9H10N6O3.ClH.H2O/c1-18-5-15-3-6(10-4-15)7(16)2-8(17)9-11-13-14-12-9;;/h2-4,17H,5H2,1H3,(H,11,12,13,14);1H;1H2. The molecule has 0 aromatic carbocycles. The first-order valence-corrected chi connectivity index (χ1v) is 4.90. The van der Waals surface area contributed by atoms with Gasteiger partial charge in [0, 0.05) is 19.4 Å². The minimum Gasteiger partial charge on any atom is -0.504 e. The number of halogens is 1. The zero-order chi connectivity index (χ0) is 13.0. The van der Waals surface area contributed by atoms with Crippen molar-refractivity contribution in [2.24, 2.45) is 0 Å². The van der Waals surface area contributed by atoms with E-state index in [0.717, 1.165) is 6.08 Å². The van der Waals surface area contributed by atoms with Gasteiger partial charge in [0.05, 0.1) is 6.33 Å². The molecule has 0 aliphatic carbocycles. The number of nitrogens with zero attached hydrogens (tertiary/aromatic N) is 5. The molecule has 0 fully saturated rings. The predicted molar refractivity (Wildman–Crippen MR) is 69.2 cm³/mol. The van der Waals surface area contributed by atoms with Crippen LogP contribution >= 0.6 is 12.4 Å². The number of aromatic nitrogens is 6. The van der Waals surface area contributed by atoms with Crippen molar-refractivity contribution in [3.63, 3.8) is 0 Å². The van der Waals surface area contributed by atoms with E-state index in [9.17, 15) is 9.90 Å². The summed E-state index contributed by atoms with van der Waals surface area (Å²) in [5.74, 6) is -0.901. The van der Waals surface area contributed by atoms with E-state index in [-0.39, 0.29) is 35.2 Å². The van der Waals surface area contributed by atoms with Crippen LogP contribution in [0.15, 0.2) is 18.6 Å². The van der Waals surface area contributed by atoms with E-state index in [2.05, 4.69) is 25.6 Å². The summed E-state index contributed by atoms with van der Waals surface area (Å²) in [7, 11) is 1.53. The van der Waals surface area contributed by atoms with Gasteiger partial charge in [0.1, 0.15) is 12.4 Å². The van der Waals surface area contributed by atoms with Crippen LogP contribution in [0.1, 0.15) is 16.3 Å². The molecule has 0 saturated heterocycles. The number of carbonyl (C=O) groups excluding carboxylic acids is 1. The monoisotopic (exact) mass is 304 g/mol. The molecule has 20 heavy (non-hydrogen) atoms. The molecule has 0 aliphatic heterocycles. The number of methoxy groups -OCH3 is 1. The van der Waals surface area contributed by atoms with Crippen LogP contribution in [0, 0.1) is 0 Å². The number of hydrogen-bond acceptors (Lipinski definition) is 7. The molecule has 110 valence electrons. The highest BCUT2D eigenvalue weighted by molar-refractivity contribution is 6.06. The number of H-pyrrole nitrogens is 1. The molecule has 4 N–H and O–H groups in total. The second-order valence-corrected chi connectivity index (χ2v) is 3.32. The Kier molecular flexibility index (Phi) is 7.07. The van der Waals surface area contributed by atoms with Crippen LogP contribution in [-0.2, 0) is 11.5 Å². The smallest absolute Gasteiger partial charge is 0.239 e. The maximum Gasteiger partial charge on any atom is 0.239 e. The van der Waals surface area contributed by atoms with E-state index in [1.54, 1.807) is 4.57 Å². The summed E-state index contributed by atoms with van der Waals surface area (Å²) in [4.78, 5) is 15.6. The van der Waals surface area contributed by atoms with Crippen LogP contribution in [0.2, 0.25) is 0 Å². The van der Waals surface area contributed by atoms with Crippen molar-refractivity contribution < 1.29 is 20.1 Å². The molecule has 0 saturated carbocycles. The highest BCUT2D eigenvalue weighted by Gasteiger charge is 2.11. The number of aliphatic hydroxyl groups is 1. The number of ether oxygens (including phenoxy) is 1. The first kappa shape index (κ1) is 17.7. The van der Waals surface area contributed by atoms with Gasteiger partial charge in [-0.2, -0.15) is 5.21 Å². The van der Waals surface area contributed by atoms with Crippen molar-refractivity contribution in [1.82, 2.24) is 30.2 Å². The van der Waals surface area contributed by atoms with E-state index in [1.165, 1.54) is 19.6 Å². The van der Waals surface area contributed by atoms with E-state index < -0.39 is 5.78 Å². The summed E-state index contributed by atoms with van der Waals surface area (Å²) in [5.41, 5.74) is 0.182. The number of tetrazole rings is 1. The maximum absolute atomic E-state index is 11.7. The van der Waals surface area contributed by atoms with Crippen molar-refractivity contribution in [2.45, 2.75) is 6.73 Å². The van der Waals surface area contributed by atoms with E-state index in [0.29, 0.717) is 6.73 Å². The molecule has 2 rings (SSSR count). The van der Waals surface area contributed by atoms with Gasteiger partial charge < -0.3 is 19.9 Å². The largest absolute Gasteiger partial charge is 0.504 e. The third-order valence-corrected chi connectivity index (χ3v) is 2.01. The van der Waals surface area contributed by atoms with Crippen molar-refractivity contribution >= 4 is 23.9 Å². The lowest BCUT2D eigenvalue weighted by molar-refractivity contribution is 0.104. The van der Waals surface area contributed by atoms with Gasteiger partial charge in [-0.25, -0.2) is 4.98 Å². The molecular weight excluding hydrogens is 292 g/mol. The van der Waals surface area contributed by atoms with Crippen LogP contribution in [0.4, 0.5) is 0 Å². The summed E-state index contributed by atoms with van der Waals surface area (Å²) in [6, 6.07) is 0. The van der Waals surface area contributed by atoms with Crippen LogP contribution < -0.4 is 0 Å². The molecular formula is C9H13ClN6O4. The zero-order valence-electron chi connectivity index (χ0n) is 10.3. The number of aliphatic hydroxyl groups excluding tert-OH is 1. The highest BCUT2D eigenvalue weighted by Crippen LogP contribution is 2.06. The molecule has 2 aromatic heterocycles. The van der Waals surface area contributed by atoms with Gasteiger partial charge in [-0.15, -0.1) is 22.6 Å². The van der Waals surface area contributed by atoms with Crippen LogP contribution in [0.3, 0.4) is 0 Å². The van der Waals surface area contributed by atoms with Crippen molar-refractivity contribution in [1.29, 1.82) is 0 Å². The van der Waals surface area contributed by atoms with Gasteiger partial charge in [0.25, 0.3) is 0 Å². The Morgan fingerprint density at radius 1 is 1.60 bits per heavy atom. The molecule has 11 heteroatoms. The number of carbonyl (C=O) groups is 1. The molecule has 0 amide bonds. The number of imidazole rings is 1. The number of rotatable bonds is 5. The third-order valence-electron chi connectivity index (χ3n) is 2.01. The number of nitrogens with one attached hydrogen (secondary N) is 1. The average Bonchev–Trinajstić information content (AvgIpc) is 3.00. The Morgan fingerprint density at radius 3 is 2.95 bits per heavy atom. The first-order valence-electron chi connectivity index (χ1n) is 4.90. The quantitative estimate of drug-likeness (QED) is 0.424. The molecule has 0 spiro atoms. The van der Waals surface area contributed by atoms with E-state index in [1.807, 2.05) is 0 Å². The lowest BCUT2D eigenvalue weighted by atomic mass is 10.2. The SMILES string of the molecule is COCn1cnc(C(=O)C=C(O)c2nn[nH]n2)c1.Cl.O. The van der Waals surface area contributed by atoms with Gasteiger partial charge in [-0.05, 0) is 5.21 Å². The lowest BCUT2D eigenvalue weighted by Crippen LogP contribution is -1.99. The summed E-state index contributed by atoms with van der Waals surface area (Å²) in [6.07, 6.45) is 3.94. The predicted octanol–water partition coefficient (Wildman–Crippen LogP) is -0.621. The number of hydrogen-bond donors (Lipinski definition) is 2. The number of ketones is 1. The Labute approximate surface area is 119 Å². The fourth-order valence-electron chi connectivity index (χ4n) is 1.24. The second-order valence-electron chi connectivity index (χ2n) is 3.32. The number of allylic oxidation sites excluding steroid dienone is 1. The third kappa shape index (κ3) is 4.12. The molecule has 0 aliphatic rings. The van der Waals surface area contributed by atoms with Crippen molar-refractivity contribution in [2.75, 3.05) is 7.11 Å². The van der Waals surface area contributed by atoms with Crippen LogP contribution in [0.25, 0.3) is 5.76 Å². The highest BCUT2D eigenvalue weighted by atomic mass is 35.5. The minimum atomic E-state index is -0.466. The summed E-state index contributed by atoms with van der Waals surface area (Å²) in [5, 5.41) is 22.0. The minimum absolute atomic E-state index is 0. The first-order chi connectivity index (χ1) is 8.70. The molecule has 2 heterocycles. The molecule has 0 unspecified atom stereocenters. The van der Waals surface area contributed by atoms with Gasteiger partial charge >= 0.3 is 0 Å². The topological polar surface area (TPSA) is 150 Å². The van der Waals surface area contributed by atoms with Crippen LogP contribution in [0.5, 0.6) is 0 Å². The molecule has 10 nitrogen and oxygen atoms in total. The van der Waals surface area contributed by atoms with Gasteiger partial charge in [-0.1, -0.05) is 0 Å². The number of aromatic amines is 1. The lowest BCUT2D eigenvalue weighted by Gasteiger charge is -1.96. The summed E-state index contributed by atoms with van der Waals surface area (Å²) in [6.45, 7) is 0.292.